The summed E-state index contributed by atoms with van der Waals surface area (Å²) in [5.41, 5.74) is -1.81. The summed E-state index contributed by atoms with van der Waals surface area (Å²) in [5.74, 6) is -0.344. The molecular formula is C11H11ClF3NO. The number of aromatic nitrogens is 1. The molecule has 0 saturated carbocycles. The minimum Gasteiger partial charge on any atom is -0.293 e. The van der Waals surface area contributed by atoms with Crippen molar-refractivity contribution in [1.29, 1.82) is 0 Å². The lowest BCUT2D eigenvalue weighted by Crippen LogP contribution is -2.21. The van der Waals surface area contributed by atoms with E-state index in [0.29, 0.717) is 0 Å². The third-order valence-electron chi connectivity index (χ3n) is 2.06. The van der Waals surface area contributed by atoms with Gasteiger partial charge in [0.15, 0.2) is 5.78 Å². The molecule has 6 heteroatoms. The predicted molar refractivity (Wildman–Crippen MR) is 58.0 cm³/mol. The zero-order chi connectivity index (χ0) is 13.4. The highest BCUT2D eigenvalue weighted by Gasteiger charge is 2.34. The number of nitrogens with zero attached hydrogens (tertiary/aromatic N) is 1. The maximum absolute atomic E-state index is 12.3. The molecule has 1 heterocycles. The summed E-state index contributed by atoms with van der Waals surface area (Å²) < 4.78 is 37.0. The molecule has 0 fully saturated rings. The lowest BCUT2D eigenvalue weighted by molar-refractivity contribution is -0.141. The van der Waals surface area contributed by atoms with Crippen LogP contribution in [-0.4, -0.2) is 10.8 Å². The van der Waals surface area contributed by atoms with Gasteiger partial charge in [-0.3, -0.25) is 4.79 Å². The van der Waals surface area contributed by atoms with Crippen LogP contribution < -0.4 is 0 Å². The van der Waals surface area contributed by atoms with Crippen molar-refractivity contribution in [3.63, 3.8) is 0 Å². The van der Waals surface area contributed by atoms with Crippen molar-refractivity contribution < 1.29 is 18.0 Å². The molecule has 0 saturated heterocycles. The number of hydrogen-bond donors (Lipinski definition) is 0. The van der Waals surface area contributed by atoms with Crippen molar-refractivity contribution in [2.75, 3.05) is 0 Å². The monoisotopic (exact) mass is 265 g/mol. The van der Waals surface area contributed by atoms with Crippen molar-refractivity contribution in [1.82, 2.24) is 4.98 Å². The van der Waals surface area contributed by atoms with Gasteiger partial charge in [0.25, 0.3) is 0 Å². The summed E-state index contributed by atoms with van der Waals surface area (Å²) in [6.07, 6.45) is -4.56. The topological polar surface area (TPSA) is 30.0 Å². The maximum atomic E-state index is 12.3. The summed E-state index contributed by atoms with van der Waals surface area (Å²) in [6, 6.07) is 1.82. The minimum atomic E-state index is -4.56. The molecule has 0 N–H and O–H groups in total. The van der Waals surface area contributed by atoms with Gasteiger partial charge in [0, 0.05) is 5.41 Å². The van der Waals surface area contributed by atoms with Gasteiger partial charge in [0.1, 0.15) is 10.8 Å². The normalized spacial score (nSPS) is 12.6. The minimum absolute atomic E-state index is 0.00664. The van der Waals surface area contributed by atoms with Gasteiger partial charge >= 0.3 is 6.18 Å². The molecule has 1 aromatic rings. The Morgan fingerprint density at radius 1 is 1.24 bits per heavy atom. The fourth-order valence-corrected chi connectivity index (χ4v) is 1.41. The second-order valence-corrected chi connectivity index (χ2v) is 4.97. The zero-order valence-corrected chi connectivity index (χ0v) is 10.3. The third kappa shape index (κ3) is 3.19. The molecule has 0 radical (unpaired) electrons. The summed E-state index contributed by atoms with van der Waals surface area (Å²) in [5, 5.41) is -0.417. The van der Waals surface area contributed by atoms with Gasteiger partial charge in [-0.1, -0.05) is 32.4 Å². The number of Topliss-reactive ketones (excluding diaryl/α,β-unsaturated/α-hetero) is 1. The van der Waals surface area contributed by atoms with Crippen molar-refractivity contribution in [2.45, 2.75) is 26.9 Å². The van der Waals surface area contributed by atoms with Crippen LogP contribution in [0.2, 0.25) is 5.15 Å². The van der Waals surface area contributed by atoms with E-state index >= 15 is 0 Å². The fourth-order valence-electron chi connectivity index (χ4n) is 1.17. The van der Waals surface area contributed by atoms with Crippen molar-refractivity contribution in [3.05, 3.63) is 28.5 Å². The number of alkyl halides is 3. The predicted octanol–water partition coefficient (Wildman–Crippen LogP) is 3.98. The molecule has 1 aromatic heterocycles. The Hall–Kier alpha value is -1.10. The van der Waals surface area contributed by atoms with Crippen molar-refractivity contribution in [2.24, 2.45) is 5.41 Å². The molecule has 0 amide bonds. The highest BCUT2D eigenvalue weighted by Crippen LogP contribution is 2.31. The van der Waals surface area contributed by atoms with Crippen LogP contribution in [0.3, 0.4) is 0 Å². The van der Waals surface area contributed by atoms with Crippen LogP contribution >= 0.6 is 11.6 Å². The van der Waals surface area contributed by atoms with Crippen LogP contribution in [0.15, 0.2) is 12.1 Å². The molecule has 94 valence electrons. The fraction of sp³-hybridized carbons (Fsp3) is 0.455. The van der Waals surface area contributed by atoms with Gasteiger partial charge in [0.2, 0.25) is 0 Å². The van der Waals surface area contributed by atoms with E-state index in [0.717, 1.165) is 12.1 Å². The second-order valence-electron chi connectivity index (χ2n) is 4.61. The molecule has 17 heavy (non-hydrogen) atoms. The van der Waals surface area contributed by atoms with E-state index in [1.165, 1.54) is 0 Å². The van der Waals surface area contributed by atoms with E-state index in [1.807, 2.05) is 0 Å². The molecule has 0 unspecified atom stereocenters. The van der Waals surface area contributed by atoms with Crippen LogP contribution in [0.4, 0.5) is 13.2 Å². The lowest BCUT2D eigenvalue weighted by Gasteiger charge is -2.17. The van der Waals surface area contributed by atoms with Gasteiger partial charge in [-0.05, 0) is 12.1 Å². The average molecular weight is 266 g/mol. The highest BCUT2D eigenvalue weighted by atomic mass is 35.5. The van der Waals surface area contributed by atoms with E-state index in [9.17, 15) is 18.0 Å². The standard InChI is InChI=1S/C11H11ClF3NO/c1-10(2,3)8(17)6-4-5-7(11(13,14)15)16-9(6)12/h4-5H,1-3H3. The Balaban J connectivity index is 3.20. The highest BCUT2D eigenvalue weighted by molar-refractivity contribution is 6.33. The Morgan fingerprint density at radius 3 is 2.12 bits per heavy atom. The number of carbonyl (C=O) groups is 1. The van der Waals surface area contributed by atoms with Crippen molar-refractivity contribution >= 4 is 17.4 Å². The van der Waals surface area contributed by atoms with Gasteiger partial charge in [0.05, 0.1) is 5.56 Å². The van der Waals surface area contributed by atoms with Crippen LogP contribution in [0, 0.1) is 5.41 Å². The molecule has 0 aliphatic heterocycles. The SMILES string of the molecule is CC(C)(C)C(=O)c1ccc(C(F)(F)F)nc1Cl. The summed E-state index contributed by atoms with van der Waals surface area (Å²) in [4.78, 5) is 15.0. The Morgan fingerprint density at radius 2 is 1.76 bits per heavy atom. The van der Waals surface area contributed by atoms with E-state index in [2.05, 4.69) is 4.98 Å². The summed E-state index contributed by atoms with van der Waals surface area (Å²) in [7, 11) is 0. The molecule has 1 rings (SSSR count). The Bertz CT molecular complexity index is 449. The molecule has 0 spiro atoms. The van der Waals surface area contributed by atoms with Gasteiger partial charge in [-0.2, -0.15) is 13.2 Å². The molecule has 0 aliphatic carbocycles. The zero-order valence-electron chi connectivity index (χ0n) is 9.52. The largest absolute Gasteiger partial charge is 0.433 e. The number of carbonyl (C=O) groups excluding carboxylic acids is 1. The first kappa shape index (κ1) is 14.0. The summed E-state index contributed by atoms with van der Waals surface area (Å²) in [6.45, 7) is 4.97. The molecule has 0 bridgehead atoms. The van der Waals surface area contributed by atoms with Crippen LogP contribution in [0.5, 0.6) is 0 Å². The first-order valence-corrected chi connectivity index (χ1v) is 5.20. The summed E-state index contributed by atoms with van der Waals surface area (Å²) >= 11 is 5.60. The number of ketones is 1. The van der Waals surface area contributed by atoms with Gasteiger partial charge < -0.3 is 0 Å². The number of rotatable bonds is 1. The number of halogens is 4. The van der Waals surface area contributed by atoms with Crippen LogP contribution in [0.25, 0.3) is 0 Å². The van der Waals surface area contributed by atoms with Crippen LogP contribution in [-0.2, 0) is 6.18 Å². The third-order valence-corrected chi connectivity index (χ3v) is 2.35. The molecule has 0 atom stereocenters. The molecule has 0 aliphatic rings. The lowest BCUT2D eigenvalue weighted by atomic mass is 9.87. The number of hydrogen-bond acceptors (Lipinski definition) is 2. The second kappa shape index (κ2) is 4.29. The van der Waals surface area contributed by atoms with Crippen molar-refractivity contribution in [3.8, 4) is 0 Å². The Kier molecular flexibility index (Phi) is 3.52. The smallest absolute Gasteiger partial charge is 0.293 e. The van der Waals surface area contributed by atoms with E-state index < -0.39 is 22.4 Å². The van der Waals surface area contributed by atoms with Crippen LogP contribution in [0.1, 0.15) is 36.8 Å². The number of pyridine rings is 1. The first-order chi connectivity index (χ1) is 7.53. The Labute approximate surface area is 102 Å². The van der Waals surface area contributed by atoms with Gasteiger partial charge in [-0.25, -0.2) is 4.98 Å². The van der Waals surface area contributed by atoms with Gasteiger partial charge in [-0.15, -0.1) is 0 Å². The van der Waals surface area contributed by atoms with E-state index in [-0.39, 0.29) is 11.3 Å². The van der Waals surface area contributed by atoms with E-state index in [1.54, 1.807) is 20.8 Å². The maximum Gasteiger partial charge on any atom is 0.433 e. The molecular weight excluding hydrogens is 255 g/mol. The first-order valence-electron chi connectivity index (χ1n) is 4.82. The van der Waals surface area contributed by atoms with E-state index in [4.69, 9.17) is 11.6 Å². The molecule has 0 aromatic carbocycles. The molecule has 2 nitrogen and oxygen atoms in total. The average Bonchev–Trinajstić information content (AvgIpc) is 2.13. The quantitative estimate of drug-likeness (QED) is 0.568.